The van der Waals surface area contributed by atoms with Gasteiger partial charge in [0.2, 0.25) is 0 Å². The SMILES string of the molecule is C=Cc1c2[n-]c(c1C)/C=C1\[N-]/C(=C3\c4[n-]c(c(C)c4C(=O)[C@@H]3C(=O)O)/C=c3\[n-]/c(c(C)c3CC)=C\2)[C@@H](CCC(=O)OC/C=C(\C)CCC[C@H](C)CCCC(C)C)[C@@H]1C.[Mg+2]. The van der Waals surface area contributed by atoms with Crippen molar-refractivity contribution in [1.29, 1.82) is 0 Å². The monoisotopic (exact) mass is 808 g/mol. The van der Waals surface area contributed by atoms with Crippen LogP contribution < -0.4 is 25.7 Å². The molecule has 1 N–H and O–H groups in total. The predicted octanol–water partition coefficient (Wildman–Crippen LogP) is 8.47. The van der Waals surface area contributed by atoms with Gasteiger partial charge in [-0.3, -0.25) is 14.4 Å². The minimum absolute atomic E-state index is 0. The zero-order valence-corrected chi connectivity index (χ0v) is 38.0. The van der Waals surface area contributed by atoms with Crippen molar-refractivity contribution in [2.45, 2.75) is 120 Å². The van der Waals surface area contributed by atoms with Crippen LogP contribution in [0.1, 0.15) is 154 Å². The van der Waals surface area contributed by atoms with E-state index in [9.17, 15) is 19.5 Å². The van der Waals surface area contributed by atoms with Gasteiger partial charge in [0, 0.05) is 12.0 Å². The zero-order valence-electron chi connectivity index (χ0n) is 36.6. The first-order valence-corrected chi connectivity index (χ1v) is 21.2. The van der Waals surface area contributed by atoms with E-state index in [1.165, 1.54) is 31.3 Å². The summed E-state index contributed by atoms with van der Waals surface area (Å²) in [5.74, 6) is -2.66. The predicted molar refractivity (Wildman–Crippen MR) is 237 cm³/mol. The fourth-order valence-electron chi connectivity index (χ4n) is 9.01. The summed E-state index contributed by atoms with van der Waals surface area (Å²) in [4.78, 5) is 55.3. The molecule has 3 aromatic rings. The molecule has 1 fully saturated rings. The third kappa shape index (κ3) is 9.54. The number of rotatable bonds is 16. The van der Waals surface area contributed by atoms with Crippen molar-refractivity contribution in [3.8, 4) is 0 Å². The molecule has 0 saturated carbocycles. The maximum Gasteiger partial charge on any atom is 2.00 e. The number of hydrogen-bond donors (Lipinski definition) is 1. The fraction of sp³-hybridized carbons (Fsp3) is 0.490. The summed E-state index contributed by atoms with van der Waals surface area (Å²) in [7, 11) is 0. The van der Waals surface area contributed by atoms with E-state index in [0.717, 1.165) is 69.5 Å². The number of hydrogen-bond acceptors (Lipinski definition) is 4. The second kappa shape index (κ2) is 19.4. The topological polar surface area (TPSA) is 137 Å². The van der Waals surface area contributed by atoms with Gasteiger partial charge in [0.05, 0.1) is 0 Å². The number of carboxylic acids is 1. The molecule has 0 unspecified atom stereocenters. The van der Waals surface area contributed by atoms with E-state index in [4.69, 9.17) is 25.0 Å². The molecule has 4 atom stereocenters. The van der Waals surface area contributed by atoms with Crippen molar-refractivity contribution in [2.24, 2.45) is 29.6 Å². The van der Waals surface area contributed by atoms with Gasteiger partial charge < -0.3 is 30.1 Å². The standard InChI is InChI=1S/C49H62N4O5.Mg/c1-11-33-29(7)36-23-38-31(9)35(19-20-42(54)58-22-21-28(6)18-14-17-27(5)16-13-15-26(3)4)46(52-38)44-45(49(56)57)48(55)43-32(10)39(53-47(43)44)25-41-34(12-2)30(8)37(51-41)24-40(33)50-36;/h11,21,23-27,31,35,45H,1,12-20,22H2,2-10H3,(H3,52,53,55,56,57);/q-2;+2/p-2/b28-21+,37-24-,38-23-,41-25-;/t27-,31+,35+,45-;/m1./s1. The average molecular weight is 809 g/mol. The van der Waals surface area contributed by atoms with E-state index in [0.29, 0.717) is 51.8 Å². The smallest absolute Gasteiger partial charge is 0.664 e. The molecule has 10 heteroatoms. The van der Waals surface area contributed by atoms with Gasteiger partial charge in [0.1, 0.15) is 12.5 Å². The summed E-state index contributed by atoms with van der Waals surface area (Å²) in [6.45, 7) is 23.3. The number of aliphatic carboxylic acids is 1. The first kappa shape index (κ1) is 45.8. The third-order valence-electron chi connectivity index (χ3n) is 12.6. The number of ketones is 1. The van der Waals surface area contributed by atoms with Crippen LogP contribution in [0.3, 0.4) is 0 Å². The van der Waals surface area contributed by atoms with E-state index in [1.807, 2.05) is 51.2 Å². The Morgan fingerprint density at radius 1 is 0.915 bits per heavy atom. The molecular weight excluding hydrogens is 749 g/mol. The maximum absolute atomic E-state index is 14.1. The minimum Gasteiger partial charge on any atom is -0.664 e. The summed E-state index contributed by atoms with van der Waals surface area (Å²) >= 11 is 0. The normalized spacial score (nSPS) is 22.1. The van der Waals surface area contributed by atoms with E-state index >= 15 is 0 Å². The van der Waals surface area contributed by atoms with Crippen LogP contribution in [0.25, 0.3) is 35.2 Å². The first-order valence-electron chi connectivity index (χ1n) is 21.2. The Bertz CT molecular complexity index is 2330. The number of allylic oxidation sites excluding steroid dienone is 3. The van der Waals surface area contributed by atoms with E-state index in [2.05, 4.69) is 48.1 Å². The molecule has 2 aliphatic heterocycles. The molecule has 3 aromatic heterocycles. The number of aromatic nitrogens is 3. The Hall–Kier alpha value is -4.28. The average Bonchev–Trinajstić information content (AvgIpc) is 3.91. The van der Waals surface area contributed by atoms with Crippen LogP contribution in [0.4, 0.5) is 0 Å². The Morgan fingerprint density at radius 3 is 2.29 bits per heavy atom. The van der Waals surface area contributed by atoms with E-state index in [1.54, 1.807) is 0 Å². The second-order valence-corrected chi connectivity index (χ2v) is 17.2. The third-order valence-corrected chi connectivity index (χ3v) is 12.6. The van der Waals surface area contributed by atoms with Crippen LogP contribution in [0, 0.1) is 50.4 Å². The van der Waals surface area contributed by atoms with E-state index in [-0.39, 0.29) is 53.9 Å². The zero-order chi connectivity index (χ0) is 42.0. The van der Waals surface area contributed by atoms with Crippen molar-refractivity contribution < 1.29 is 24.2 Å². The van der Waals surface area contributed by atoms with Crippen LogP contribution in [0.5, 0.6) is 0 Å². The molecule has 0 radical (unpaired) electrons. The molecule has 0 spiro atoms. The summed E-state index contributed by atoms with van der Waals surface area (Å²) in [6, 6.07) is 0. The van der Waals surface area contributed by atoms with Gasteiger partial charge in [-0.25, -0.2) is 0 Å². The van der Waals surface area contributed by atoms with Crippen molar-refractivity contribution >= 4 is 70.7 Å². The van der Waals surface area contributed by atoms with Crippen molar-refractivity contribution in [2.75, 3.05) is 6.61 Å². The molecule has 8 bridgehead atoms. The molecule has 1 saturated heterocycles. The molecular formula is C49H60MgN4O5-2. The van der Waals surface area contributed by atoms with Gasteiger partial charge in [0.15, 0.2) is 5.78 Å². The summed E-state index contributed by atoms with van der Waals surface area (Å²) in [5.41, 5.74) is 9.97. The molecule has 0 aromatic carbocycles. The first-order chi connectivity index (χ1) is 27.6. The number of nitrogens with zero attached hydrogens (tertiary/aromatic N) is 4. The van der Waals surface area contributed by atoms with Crippen molar-refractivity contribution in [3.63, 3.8) is 0 Å². The quantitative estimate of drug-likeness (QED) is 0.0659. The van der Waals surface area contributed by atoms with Crippen LogP contribution in [-0.2, 0) is 20.7 Å². The fourth-order valence-corrected chi connectivity index (χ4v) is 9.01. The molecule has 6 rings (SSSR count). The number of fused-ring (bicyclic) bond motifs is 7. The Kier molecular flexibility index (Phi) is 15.1. The molecule has 1 aliphatic carbocycles. The molecule has 0 amide bonds. The van der Waals surface area contributed by atoms with Crippen LogP contribution in [0.15, 0.2) is 29.6 Å². The van der Waals surface area contributed by atoms with Gasteiger partial charge in [-0.15, -0.1) is 33.5 Å². The maximum atomic E-state index is 14.1. The summed E-state index contributed by atoms with van der Waals surface area (Å²) in [6.07, 6.45) is 18.0. The van der Waals surface area contributed by atoms with Crippen molar-refractivity contribution in [3.05, 3.63) is 102 Å². The molecule has 310 valence electrons. The van der Waals surface area contributed by atoms with Crippen LogP contribution in [-0.4, -0.2) is 52.5 Å². The largest absolute Gasteiger partial charge is 2.00 e. The summed E-state index contributed by atoms with van der Waals surface area (Å²) in [5, 5.41) is 17.2. The number of carbonyl (C=O) groups excluding carboxylic acids is 2. The number of Topliss-reactive ketones (excluding diaryl/α,β-unsaturated/α-hetero) is 1. The summed E-state index contributed by atoms with van der Waals surface area (Å²) < 4.78 is 5.70. The van der Waals surface area contributed by atoms with Crippen LogP contribution >= 0.6 is 0 Å². The minimum atomic E-state index is -1.45. The van der Waals surface area contributed by atoms with E-state index < -0.39 is 17.7 Å². The molecule has 59 heavy (non-hydrogen) atoms. The number of carboxylic acid groups (broad SMARTS) is 1. The number of ether oxygens (including phenoxy) is 1. The Labute approximate surface area is 366 Å². The number of carbonyl (C=O) groups is 3. The van der Waals surface area contributed by atoms with Gasteiger partial charge in [-0.1, -0.05) is 125 Å². The molecule has 9 nitrogen and oxygen atoms in total. The Balaban J connectivity index is 0.00000661. The molecule has 5 heterocycles. The van der Waals surface area contributed by atoms with Gasteiger partial charge >= 0.3 is 35.0 Å². The van der Waals surface area contributed by atoms with Gasteiger partial charge in [-0.2, -0.15) is 11.4 Å². The Morgan fingerprint density at radius 2 is 1.61 bits per heavy atom. The van der Waals surface area contributed by atoms with Gasteiger partial charge in [0.25, 0.3) is 0 Å². The van der Waals surface area contributed by atoms with Crippen molar-refractivity contribution in [1.82, 2.24) is 15.0 Å². The second-order valence-electron chi connectivity index (χ2n) is 17.2. The molecule has 3 aliphatic rings. The van der Waals surface area contributed by atoms with Gasteiger partial charge in [-0.05, 0) is 88.7 Å². The van der Waals surface area contributed by atoms with Crippen LogP contribution in [0.2, 0.25) is 0 Å². The number of esters is 1.